The van der Waals surface area contributed by atoms with Crippen LogP contribution in [0.15, 0.2) is 48.6 Å². The standard InChI is InChI=1S/C20H36O4.2C19H36O2.C18H36/c1-23-19(21)17-15-13-11-9-7-5-3-4-6-8-10-12-14-16-18-20(22)24-2;2*1-3-4-5-6-7-8-9-10-11-12-13-14-15-16-17-18-19(20)21-2;1-3-5-7-9-11-13-15-17-18-16-14-12-10-8-6-4-2/h3-4H,5-18H2,1-2H3;2*10-11H,3-9,12-18H2,1-2H3;17-18H,3-16H2,1-2H3/b4-3-;2*11-10-;18-17-. The van der Waals surface area contributed by atoms with Gasteiger partial charge in [0.25, 0.3) is 0 Å². The molecule has 8 heteroatoms. The van der Waals surface area contributed by atoms with E-state index in [1.807, 2.05) is 0 Å². The Hall–Kier alpha value is -3.16. The molecule has 0 radical (unpaired) electrons. The van der Waals surface area contributed by atoms with Crippen molar-refractivity contribution >= 4 is 23.9 Å². The summed E-state index contributed by atoms with van der Waals surface area (Å²) in [5.74, 6) is -0.344. The van der Waals surface area contributed by atoms with E-state index in [1.54, 1.807) is 0 Å². The van der Waals surface area contributed by atoms with Gasteiger partial charge in [0.15, 0.2) is 0 Å². The second-order valence-electron chi connectivity index (χ2n) is 23.6. The van der Waals surface area contributed by atoms with Gasteiger partial charge in [-0.25, -0.2) is 0 Å². The Balaban J connectivity index is -0.000000510. The average Bonchev–Trinajstić information content (AvgIpc) is 3.51. The summed E-state index contributed by atoms with van der Waals surface area (Å²) >= 11 is 0. The lowest BCUT2D eigenvalue weighted by Crippen LogP contribution is -1.99. The molecule has 0 rings (SSSR count). The van der Waals surface area contributed by atoms with Crippen LogP contribution in [-0.2, 0) is 38.1 Å². The SMILES string of the molecule is CCCCCCCC/C=C\CCCCCCCC.CCCCCCCC/C=C\CCCCCCCC(=O)OC.CCCCCCCC/C=C\CCCCCCCC(=O)OC.COC(=O)CCCCCCC/C=C\CCCCCCCC(=O)OC. The maximum Gasteiger partial charge on any atom is 0.305 e. The first-order chi connectivity index (χ1) is 41.2. The monoisotopic (exact) mass is 1190 g/mol. The number of hydrogen-bond acceptors (Lipinski definition) is 8. The first-order valence-electron chi connectivity index (χ1n) is 36.1. The molecule has 0 saturated carbocycles. The lowest BCUT2D eigenvalue weighted by atomic mass is 10.1. The van der Waals surface area contributed by atoms with Gasteiger partial charge in [0.05, 0.1) is 28.4 Å². The Morgan fingerprint density at radius 2 is 0.310 bits per heavy atom. The van der Waals surface area contributed by atoms with Crippen molar-refractivity contribution in [2.45, 2.75) is 387 Å². The predicted octanol–water partition coefficient (Wildman–Crippen LogP) is 24.8. The van der Waals surface area contributed by atoms with Gasteiger partial charge in [-0.05, 0) is 128 Å². The molecular weight excluding hydrogens is 1040 g/mol. The number of carbonyl (C=O) groups is 4. The minimum absolute atomic E-state index is 0.0763. The van der Waals surface area contributed by atoms with Gasteiger partial charge in [-0.15, -0.1) is 0 Å². The van der Waals surface area contributed by atoms with Crippen molar-refractivity contribution in [2.75, 3.05) is 28.4 Å². The largest absolute Gasteiger partial charge is 0.469 e. The zero-order valence-electron chi connectivity index (χ0n) is 57.5. The first kappa shape index (κ1) is 87.3. The van der Waals surface area contributed by atoms with Gasteiger partial charge in [0.1, 0.15) is 0 Å². The number of rotatable bonds is 60. The zero-order chi connectivity index (χ0) is 62.4. The molecule has 0 spiro atoms. The normalized spacial score (nSPS) is 11.1. The summed E-state index contributed by atoms with van der Waals surface area (Å²) < 4.78 is 18.5. The number of ether oxygens (including phenoxy) is 4. The number of unbranched alkanes of at least 4 members (excludes halogenated alkanes) is 44. The third-order valence-electron chi connectivity index (χ3n) is 15.5. The smallest absolute Gasteiger partial charge is 0.305 e. The Morgan fingerprint density at radius 1 is 0.190 bits per heavy atom. The fourth-order valence-corrected chi connectivity index (χ4v) is 9.77. The van der Waals surface area contributed by atoms with E-state index >= 15 is 0 Å². The molecule has 0 amide bonds. The summed E-state index contributed by atoms with van der Waals surface area (Å²) in [5, 5.41) is 0. The van der Waals surface area contributed by atoms with Gasteiger partial charge < -0.3 is 18.9 Å². The lowest BCUT2D eigenvalue weighted by molar-refractivity contribution is -0.141. The van der Waals surface area contributed by atoms with Crippen molar-refractivity contribution in [3.63, 3.8) is 0 Å². The van der Waals surface area contributed by atoms with E-state index in [4.69, 9.17) is 0 Å². The zero-order valence-corrected chi connectivity index (χ0v) is 57.5. The van der Waals surface area contributed by atoms with Crippen LogP contribution in [0.1, 0.15) is 387 Å². The van der Waals surface area contributed by atoms with Crippen LogP contribution in [0.2, 0.25) is 0 Å². The fourth-order valence-electron chi connectivity index (χ4n) is 9.77. The van der Waals surface area contributed by atoms with E-state index in [0.717, 1.165) is 64.2 Å². The first-order valence-corrected chi connectivity index (χ1v) is 36.1. The minimum Gasteiger partial charge on any atom is -0.469 e. The van der Waals surface area contributed by atoms with Crippen LogP contribution in [0, 0.1) is 0 Å². The molecule has 0 fully saturated rings. The Labute approximate surface area is 523 Å². The van der Waals surface area contributed by atoms with Crippen LogP contribution >= 0.6 is 0 Å². The number of esters is 4. The maximum absolute atomic E-state index is 10.9. The van der Waals surface area contributed by atoms with Crippen LogP contribution in [-0.4, -0.2) is 52.3 Å². The molecule has 0 aromatic heterocycles. The second kappa shape index (κ2) is 84.1. The van der Waals surface area contributed by atoms with Crippen LogP contribution in [0.3, 0.4) is 0 Å². The molecule has 84 heavy (non-hydrogen) atoms. The van der Waals surface area contributed by atoms with Crippen molar-refractivity contribution in [3.05, 3.63) is 48.6 Å². The van der Waals surface area contributed by atoms with Gasteiger partial charge in [0.2, 0.25) is 0 Å². The third-order valence-corrected chi connectivity index (χ3v) is 15.5. The highest BCUT2D eigenvalue weighted by molar-refractivity contribution is 5.70. The Bertz CT molecular complexity index is 1300. The van der Waals surface area contributed by atoms with E-state index in [1.165, 1.54) is 298 Å². The molecule has 8 nitrogen and oxygen atoms in total. The van der Waals surface area contributed by atoms with Gasteiger partial charge in [0, 0.05) is 25.7 Å². The molecule has 0 aliphatic rings. The van der Waals surface area contributed by atoms with Crippen LogP contribution < -0.4 is 0 Å². The van der Waals surface area contributed by atoms with E-state index in [-0.39, 0.29) is 23.9 Å². The number of allylic oxidation sites excluding steroid dienone is 8. The Morgan fingerprint density at radius 3 is 0.440 bits per heavy atom. The second-order valence-corrected chi connectivity index (χ2v) is 23.6. The number of methoxy groups -OCH3 is 4. The van der Waals surface area contributed by atoms with Crippen molar-refractivity contribution in [2.24, 2.45) is 0 Å². The molecule has 0 saturated heterocycles. The van der Waals surface area contributed by atoms with E-state index in [9.17, 15) is 19.2 Å². The Kier molecular flexibility index (Phi) is 87.3. The molecule has 0 bridgehead atoms. The van der Waals surface area contributed by atoms with E-state index in [2.05, 4.69) is 95.3 Å². The van der Waals surface area contributed by atoms with Gasteiger partial charge in [-0.2, -0.15) is 0 Å². The lowest BCUT2D eigenvalue weighted by Gasteiger charge is -2.00. The summed E-state index contributed by atoms with van der Waals surface area (Å²) in [7, 11) is 5.81. The summed E-state index contributed by atoms with van der Waals surface area (Å²) in [5.41, 5.74) is 0. The predicted molar refractivity (Wildman–Crippen MR) is 366 cm³/mol. The molecule has 0 aliphatic heterocycles. The van der Waals surface area contributed by atoms with Crippen LogP contribution in [0.5, 0.6) is 0 Å². The summed E-state index contributed by atoms with van der Waals surface area (Å²) in [6.45, 7) is 9.10. The molecule has 0 unspecified atom stereocenters. The number of hydrogen-bond donors (Lipinski definition) is 0. The molecule has 0 heterocycles. The minimum atomic E-state index is -0.0959. The molecule has 0 N–H and O–H groups in total. The van der Waals surface area contributed by atoms with E-state index < -0.39 is 0 Å². The van der Waals surface area contributed by atoms with Crippen molar-refractivity contribution in [3.8, 4) is 0 Å². The van der Waals surface area contributed by atoms with Crippen LogP contribution in [0.4, 0.5) is 0 Å². The highest BCUT2D eigenvalue weighted by Crippen LogP contribution is 2.15. The molecule has 0 atom stereocenters. The average molecular weight is 1190 g/mol. The van der Waals surface area contributed by atoms with Gasteiger partial charge in [-0.3, -0.25) is 19.2 Å². The molecular formula is C76H144O8. The fraction of sp³-hybridized carbons (Fsp3) is 0.842. The molecule has 0 aliphatic carbocycles. The summed E-state index contributed by atoms with van der Waals surface area (Å²) in [6.07, 6.45) is 87.9. The summed E-state index contributed by atoms with van der Waals surface area (Å²) in [6, 6.07) is 0. The maximum atomic E-state index is 10.9. The van der Waals surface area contributed by atoms with Crippen molar-refractivity contribution < 1.29 is 38.1 Å². The summed E-state index contributed by atoms with van der Waals surface area (Å²) in [4.78, 5) is 43.7. The highest BCUT2D eigenvalue weighted by atomic mass is 16.5. The molecule has 0 aromatic carbocycles. The highest BCUT2D eigenvalue weighted by Gasteiger charge is 2.02. The van der Waals surface area contributed by atoms with E-state index in [0.29, 0.717) is 25.7 Å². The van der Waals surface area contributed by atoms with Gasteiger partial charge in [-0.1, -0.05) is 282 Å². The topological polar surface area (TPSA) is 105 Å². The number of carbonyl (C=O) groups excluding carboxylic acids is 4. The quantitative estimate of drug-likeness (QED) is 0.0257. The van der Waals surface area contributed by atoms with Gasteiger partial charge >= 0.3 is 23.9 Å². The van der Waals surface area contributed by atoms with Crippen molar-refractivity contribution in [1.29, 1.82) is 0 Å². The molecule has 0 aromatic rings. The molecule has 496 valence electrons. The van der Waals surface area contributed by atoms with Crippen molar-refractivity contribution in [1.82, 2.24) is 0 Å². The third kappa shape index (κ3) is 90.0. The van der Waals surface area contributed by atoms with Crippen LogP contribution in [0.25, 0.3) is 0 Å².